The number of carbonyl (C=O) groups excluding carboxylic acids is 1. The molecule has 0 spiro atoms. The average Bonchev–Trinajstić information content (AvgIpc) is 3.13. The molecule has 2 rings (SSSR count). The number of rotatable bonds is 7. The van der Waals surface area contributed by atoms with Gasteiger partial charge in [0.05, 0.1) is 28.7 Å². The van der Waals surface area contributed by atoms with E-state index in [9.17, 15) is 4.79 Å². The maximum Gasteiger partial charge on any atom is 0.334 e. The summed E-state index contributed by atoms with van der Waals surface area (Å²) >= 11 is 0. The average molecular weight is 272 g/mol. The molecule has 1 aliphatic heterocycles. The molecule has 4 atom stereocenters. The third-order valence-electron chi connectivity index (χ3n) is 3.87. The maximum atomic E-state index is 11.7. The first-order valence-corrected chi connectivity index (χ1v) is 8.59. The zero-order valence-corrected chi connectivity index (χ0v) is 13.4. The van der Waals surface area contributed by atoms with Crippen LogP contribution in [0.2, 0.25) is 0 Å². The summed E-state index contributed by atoms with van der Waals surface area (Å²) < 4.78 is 16.1. The summed E-state index contributed by atoms with van der Waals surface area (Å²) in [7, 11) is 0.886. The zero-order valence-electron chi connectivity index (χ0n) is 11.4. The van der Waals surface area contributed by atoms with Crippen LogP contribution >= 0.6 is 0 Å². The van der Waals surface area contributed by atoms with Crippen molar-refractivity contribution in [3.05, 3.63) is 0 Å². The van der Waals surface area contributed by atoms with E-state index in [1.54, 1.807) is 0 Å². The fraction of sp³-hybridized carbons (Fsp3) is 0.923. The van der Waals surface area contributed by atoms with Crippen LogP contribution in [0.4, 0.5) is 0 Å². The van der Waals surface area contributed by atoms with Crippen LogP contribution in [0.3, 0.4) is 0 Å². The van der Waals surface area contributed by atoms with Gasteiger partial charge in [-0.15, -0.1) is 0 Å². The molecular formula is C13H24O4Si. The van der Waals surface area contributed by atoms with Crippen LogP contribution in [0.25, 0.3) is 0 Å². The Morgan fingerprint density at radius 1 is 1.44 bits per heavy atom. The topological polar surface area (TPSA) is 48.1 Å². The van der Waals surface area contributed by atoms with Crippen molar-refractivity contribution in [1.82, 2.24) is 0 Å². The zero-order chi connectivity index (χ0) is 13.0. The second-order valence-electron chi connectivity index (χ2n) is 5.17. The standard InChI is InChI=1S/C13H24O4Si/c1-2-15-11(13(14)16-8-18)6-4-9-3-5-10-12(7-9)17-10/h9-12H,2-8H2,1,18H3. The SMILES string of the molecule is CCOC(CCC1CCC2OC2C1)C(=O)OC[SiH3]. The number of carbonyl (C=O) groups is 1. The van der Waals surface area contributed by atoms with E-state index in [4.69, 9.17) is 14.2 Å². The van der Waals surface area contributed by atoms with Crippen molar-refractivity contribution in [2.24, 2.45) is 5.92 Å². The molecule has 5 heteroatoms. The van der Waals surface area contributed by atoms with Gasteiger partial charge in [-0.1, -0.05) is 0 Å². The summed E-state index contributed by atoms with van der Waals surface area (Å²) in [6.45, 7) is 2.49. The van der Waals surface area contributed by atoms with E-state index in [0.29, 0.717) is 31.0 Å². The molecular weight excluding hydrogens is 248 g/mol. The minimum atomic E-state index is -0.359. The molecule has 0 aromatic rings. The molecule has 0 aromatic heterocycles. The number of ether oxygens (including phenoxy) is 3. The van der Waals surface area contributed by atoms with Crippen LogP contribution in [0.5, 0.6) is 0 Å². The Bertz CT molecular complexity index is 284. The van der Waals surface area contributed by atoms with Crippen LogP contribution in [-0.4, -0.2) is 47.4 Å². The van der Waals surface area contributed by atoms with E-state index >= 15 is 0 Å². The Labute approximate surface area is 112 Å². The van der Waals surface area contributed by atoms with Gasteiger partial charge in [0.25, 0.3) is 0 Å². The first kappa shape index (κ1) is 14.0. The minimum Gasteiger partial charge on any atom is -0.469 e. The molecule has 1 saturated carbocycles. The number of fused-ring (bicyclic) bond motifs is 1. The lowest BCUT2D eigenvalue weighted by Crippen LogP contribution is -2.28. The van der Waals surface area contributed by atoms with Crippen LogP contribution in [0.1, 0.15) is 39.0 Å². The highest BCUT2D eigenvalue weighted by Crippen LogP contribution is 2.41. The molecule has 2 aliphatic rings. The molecule has 2 fully saturated rings. The molecule has 1 heterocycles. The highest BCUT2D eigenvalue weighted by atomic mass is 28.1. The van der Waals surface area contributed by atoms with Gasteiger partial charge in [-0.05, 0) is 44.9 Å². The van der Waals surface area contributed by atoms with Crippen molar-refractivity contribution in [2.75, 3.05) is 12.8 Å². The van der Waals surface area contributed by atoms with Gasteiger partial charge in [0.1, 0.15) is 0 Å². The number of esters is 1. The fourth-order valence-electron chi connectivity index (χ4n) is 2.84. The Balaban J connectivity index is 1.72. The first-order chi connectivity index (χ1) is 8.74. The summed E-state index contributed by atoms with van der Waals surface area (Å²) in [5.41, 5.74) is 0. The molecule has 0 aromatic carbocycles. The Morgan fingerprint density at radius 2 is 2.28 bits per heavy atom. The monoisotopic (exact) mass is 272 g/mol. The van der Waals surface area contributed by atoms with Crippen LogP contribution in [0, 0.1) is 5.92 Å². The highest BCUT2D eigenvalue weighted by molar-refractivity contribution is 6.08. The lowest BCUT2D eigenvalue weighted by atomic mass is 9.85. The van der Waals surface area contributed by atoms with Gasteiger partial charge in [0.15, 0.2) is 6.10 Å². The molecule has 0 N–H and O–H groups in total. The maximum absolute atomic E-state index is 11.7. The summed E-state index contributed by atoms with van der Waals surface area (Å²) in [5.74, 6) is 0.517. The molecule has 4 unspecified atom stereocenters. The van der Waals surface area contributed by atoms with Crippen molar-refractivity contribution in [1.29, 1.82) is 0 Å². The largest absolute Gasteiger partial charge is 0.469 e. The fourth-order valence-corrected chi connectivity index (χ4v) is 3.13. The van der Waals surface area contributed by atoms with E-state index in [-0.39, 0.29) is 12.1 Å². The quantitative estimate of drug-likeness (QED) is 0.387. The van der Waals surface area contributed by atoms with Gasteiger partial charge in [-0.25, -0.2) is 4.79 Å². The molecule has 18 heavy (non-hydrogen) atoms. The predicted octanol–water partition coefficient (Wildman–Crippen LogP) is 0.605. The van der Waals surface area contributed by atoms with Gasteiger partial charge >= 0.3 is 5.97 Å². The van der Waals surface area contributed by atoms with Crippen molar-refractivity contribution in [2.45, 2.75) is 57.3 Å². The molecule has 0 radical (unpaired) electrons. The molecule has 1 aliphatic carbocycles. The van der Waals surface area contributed by atoms with E-state index in [0.717, 1.165) is 23.1 Å². The number of epoxide rings is 1. The molecule has 0 amide bonds. The summed E-state index contributed by atoms with van der Waals surface area (Å²) in [6, 6.07) is 0. The first-order valence-electron chi connectivity index (χ1n) is 7.18. The smallest absolute Gasteiger partial charge is 0.334 e. The van der Waals surface area contributed by atoms with Gasteiger partial charge in [0, 0.05) is 6.61 Å². The minimum absolute atomic E-state index is 0.178. The van der Waals surface area contributed by atoms with Crippen molar-refractivity contribution >= 4 is 16.2 Å². The third kappa shape index (κ3) is 3.80. The molecule has 0 bridgehead atoms. The van der Waals surface area contributed by atoms with Crippen molar-refractivity contribution < 1.29 is 19.0 Å². The lowest BCUT2D eigenvalue weighted by molar-refractivity contribution is -0.155. The van der Waals surface area contributed by atoms with E-state index in [1.165, 1.54) is 19.3 Å². The summed E-state index contributed by atoms with van der Waals surface area (Å²) in [6.07, 6.45) is 6.70. The van der Waals surface area contributed by atoms with Crippen LogP contribution in [0.15, 0.2) is 0 Å². The van der Waals surface area contributed by atoms with Crippen molar-refractivity contribution in [3.8, 4) is 0 Å². The number of hydrogen-bond acceptors (Lipinski definition) is 4. The Kier molecular flexibility index (Phi) is 5.21. The Hall–Kier alpha value is -0.393. The second kappa shape index (κ2) is 6.68. The van der Waals surface area contributed by atoms with Gasteiger partial charge < -0.3 is 14.2 Å². The van der Waals surface area contributed by atoms with Gasteiger partial charge in [-0.3, -0.25) is 0 Å². The van der Waals surface area contributed by atoms with Crippen molar-refractivity contribution in [3.63, 3.8) is 0 Å². The van der Waals surface area contributed by atoms with Gasteiger partial charge in [-0.2, -0.15) is 0 Å². The highest BCUT2D eigenvalue weighted by Gasteiger charge is 2.43. The van der Waals surface area contributed by atoms with Crippen LogP contribution < -0.4 is 0 Å². The lowest BCUT2D eigenvalue weighted by Gasteiger charge is -2.21. The third-order valence-corrected chi connectivity index (χ3v) is 4.16. The molecule has 104 valence electrons. The number of hydrogen-bond donors (Lipinski definition) is 0. The van der Waals surface area contributed by atoms with Crippen LogP contribution in [-0.2, 0) is 19.0 Å². The molecule has 1 saturated heterocycles. The van der Waals surface area contributed by atoms with E-state index in [2.05, 4.69) is 0 Å². The van der Waals surface area contributed by atoms with E-state index < -0.39 is 0 Å². The molecule has 4 nitrogen and oxygen atoms in total. The van der Waals surface area contributed by atoms with E-state index in [1.807, 2.05) is 6.92 Å². The predicted molar refractivity (Wildman–Crippen MR) is 71.5 cm³/mol. The summed E-state index contributed by atoms with van der Waals surface area (Å²) in [5, 5.41) is 0. The normalized spacial score (nSPS) is 31.7. The second-order valence-corrected chi connectivity index (χ2v) is 5.74. The Morgan fingerprint density at radius 3 is 2.94 bits per heavy atom. The van der Waals surface area contributed by atoms with Gasteiger partial charge in [0.2, 0.25) is 0 Å². The summed E-state index contributed by atoms with van der Waals surface area (Å²) in [4.78, 5) is 11.7.